The Morgan fingerprint density at radius 1 is 1.06 bits per heavy atom. The third-order valence-corrected chi connectivity index (χ3v) is 6.50. The molecule has 1 amide bonds. The van der Waals surface area contributed by atoms with Crippen LogP contribution in [0, 0.1) is 24.6 Å². The van der Waals surface area contributed by atoms with E-state index in [1.54, 1.807) is 23.1 Å². The van der Waals surface area contributed by atoms with Gasteiger partial charge in [0.05, 0.1) is 18.1 Å². The summed E-state index contributed by atoms with van der Waals surface area (Å²) in [5, 5.41) is 8.11. The van der Waals surface area contributed by atoms with Gasteiger partial charge < -0.3 is 9.80 Å². The van der Waals surface area contributed by atoms with Crippen molar-refractivity contribution in [1.82, 2.24) is 24.9 Å². The molecule has 4 heterocycles. The molecule has 0 bridgehead atoms. The summed E-state index contributed by atoms with van der Waals surface area (Å²) in [4.78, 5) is 23.0. The van der Waals surface area contributed by atoms with Gasteiger partial charge in [-0.3, -0.25) is 4.79 Å². The molecule has 2 aliphatic heterocycles. The second-order valence-corrected chi connectivity index (χ2v) is 9.45. The number of anilines is 1. The van der Waals surface area contributed by atoms with Gasteiger partial charge in [0.25, 0.3) is 5.91 Å². The number of benzene rings is 1. The molecule has 2 fully saturated rings. The van der Waals surface area contributed by atoms with Crippen molar-refractivity contribution < 1.29 is 13.6 Å². The molecule has 2 saturated heterocycles. The van der Waals surface area contributed by atoms with Crippen LogP contribution in [0.4, 0.5) is 14.6 Å². The smallest absolute Gasteiger partial charge is 0.259 e. The SMILES string of the molecule is Cc1cc(N2C[C@H]3CN(C(=O)c4c(F)cccc4-n4nccn4)C[C@H]3C2)nc(C(C)(C)F)c1. The van der Waals surface area contributed by atoms with Crippen molar-refractivity contribution in [3.05, 3.63) is 65.4 Å². The first kappa shape index (κ1) is 21.5. The Morgan fingerprint density at radius 2 is 1.73 bits per heavy atom. The number of carbonyl (C=O) groups is 1. The van der Waals surface area contributed by atoms with E-state index in [0.717, 1.165) is 24.5 Å². The highest BCUT2D eigenvalue weighted by atomic mass is 19.1. The summed E-state index contributed by atoms with van der Waals surface area (Å²) in [6, 6.07) is 8.22. The number of aromatic nitrogens is 4. The third-order valence-electron chi connectivity index (χ3n) is 6.50. The Morgan fingerprint density at radius 3 is 2.36 bits per heavy atom. The molecule has 0 spiro atoms. The van der Waals surface area contributed by atoms with Gasteiger partial charge in [-0.1, -0.05) is 6.07 Å². The maximum Gasteiger partial charge on any atom is 0.259 e. The van der Waals surface area contributed by atoms with Crippen molar-refractivity contribution in [2.45, 2.75) is 26.4 Å². The molecule has 33 heavy (non-hydrogen) atoms. The lowest BCUT2D eigenvalue weighted by atomic mass is 10.0. The summed E-state index contributed by atoms with van der Waals surface area (Å²) >= 11 is 0. The van der Waals surface area contributed by atoms with E-state index >= 15 is 0 Å². The molecule has 2 aliphatic rings. The Hall–Kier alpha value is -3.36. The second kappa shape index (κ2) is 7.90. The van der Waals surface area contributed by atoms with Crippen LogP contribution in [0.15, 0.2) is 42.7 Å². The fourth-order valence-corrected chi connectivity index (χ4v) is 4.85. The zero-order chi connectivity index (χ0) is 23.3. The zero-order valence-corrected chi connectivity index (χ0v) is 18.9. The van der Waals surface area contributed by atoms with Crippen molar-refractivity contribution in [3.8, 4) is 5.69 Å². The van der Waals surface area contributed by atoms with Crippen LogP contribution in [0.1, 0.15) is 35.5 Å². The summed E-state index contributed by atoms with van der Waals surface area (Å²) in [5.74, 6) is 0.326. The van der Waals surface area contributed by atoms with E-state index in [1.165, 1.54) is 37.1 Å². The average molecular weight is 453 g/mol. The van der Waals surface area contributed by atoms with E-state index in [1.807, 2.05) is 13.0 Å². The molecule has 5 rings (SSSR count). The van der Waals surface area contributed by atoms with Crippen molar-refractivity contribution >= 4 is 11.7 Å². The van der Waals surface area contributed by atoms with Crippen LogP contribution in [0.25, 0.3) is 5.69 Å². The standard InChI is InChI=1S/C24H26F2N6O/c1-15-9-20(24(2,3)26)29-21(10-15)30-11-16-13-31(14-17(16)12-30)23(33)22-18(25)5-4-6-19(22)32-27-7-8-28-32/h4-10,16-17H,11-14H2,1-3H3/t16-,17+. The maximum absolute atomic E-state index is 14.7. The van der Waals surface area contributed by atoms with Crippen LogP contribution in [-0.4, -0.2) is 57.0 Å². The predicted octanol–water partition coefficient (Wildman–Crippen LogP) is 3.52. The van der Waals surface area contributed by atoms with Gasteiger partial charge in [-0.2, -0.15) is 15.0 Å². The lowest BCUT2D eigenvalue weighted by Gasteiger charge is -2.25. The number of hydrogen-bond donors (Lipinski definition) is 0. The lowest BCUT2D eigenvalue weighted by Crippen LogP contribution is -2.34. The van der Waals surface area contributed by atoms with Crippen LogP contribution < -0.4 is 4.90 Å². The molecule has 7 nitrogen and oxygen atoms in total. The normalized spacial score (nSPS) is 20.4. The molecule has 0 unspecified atom stereocenters. The third kappa shape index (κ3) is 3.96. The molecule has 0 aliphatic carbocycles. The molecule has 0 saturated carbocycles. The zero-order valence-electron chi connectivity index (χ0n) is 18.9. The Balaban J connectivity index is 1.34. The average Bonchev–Trinajstić information content (AvgIpc) is 3.48. The monoisotopic (exact) mass is 452 g/mol. The summed E-state index contributed by atoms with van der Waals surface area (Å²) in [6.45, 7) is 7.48. The number of pyridine rings is 1. The van der Waals surface area contributed by atoms with Crippen molar-refractivity contribution in [2.24, 2.45) is 11.8 Å². The van der Waals surface area contributed by atoms with Gasteiger partial charge in [0.15, 0.2) is 0 Å². The fraction of sp³-hybridized carbons (Fsp3) is 0.417. The largest absolute Gasteiger partial charge is 0.356 e. The van der Waals surface area contributed by atoms with Gasteiger partial charge in [0, 0.05) is 38.0 Å². The highest BCUT2D eigenvalue weighted by Crippen LogP contribution is 2.36. The number of halogens is 2. The predicted molar refractivity (Wildman–Crippen MR) is 120 cm³/mol. The summed E-state index contributed by atoms with van der Waals surface area (Å²) < 4.78 is 29.2. The van der Waals surface area contributed by atoms with Crippen LogP contribution in [0.5, 0.6) is 0 Å². The minimum atomic E-state index is -1.51. The number of rotatable bonds is 4. The van der Waals surface area contributed by atoms with Crippen molar-refractivity contribution in [3.63, 3.8) is 0 Å². The van der Waals surface area contributed by atoms with Crippen LogP contribution in [0.2, 0.25) is 0 Å². The van der Waals surface area contributed by atoms with Crippen LogP contribution >= 0.6 is 0 Å². The molecule has 9 heteroatoms. The Bertz CT molecular complexity index is 1180. The topological polar surface area (TPSA) is 67.2 Å². The molecule has 172 valence electrons. The molecule has 2 atom stereocenters. The molecule has 1 aromatic carbocycles. The highest BCUT2D eigenvalue weighted by Gasteiger charge is 2.43. The van der Waals surface area contributed by atoms with E-state index in [9.17, 15) is 13.6 Å². The molecule has 0 N–H and O–H groups in total. The first-order chi connectivity index (χ1) is 15.7. The molecular weight excluding hydrogens is 426 g/mol. The van der Waals surface area contributed by atoms with E-state index in [-0.39, 0.29) is 23.3 Å². The Kier molecular flexibility index (Phi) is 5.14. The van der Waals surface area contributed by atoms with Crippen molar-refractivity contribution in [1.29, 1.82) is 0 Å². The van der Waals surface area contributed by atoms with Crippen LogP contribution in [0.3, 0.4) is 0 Å². The van der Waals surface area contributed by atoms with Gasteiger partial charge in [-0.05, 0) is 50.6 Å². The quantitative estimate of drug-likeness (QED) is 0.606. The van der Waals surface area contributed by atoms with E-state index in [0.29, 0.717) is 24.5 Å². The summed E-state index contributed by atoms with van der Waals surface area (Å²) in [6.07, 6.45) is 2.98. The highest BCUT2D eigenvalue weighted by molar-refractivity contribution is 5.98. The first-order valence-electron chi connectivity index (χ1n) is 11.1. The number of likely N-dealkylation sites (tertiary alicyclic amines) is 1. The number of fused-ring (bicyclic) bond motifs is 1. The van der Waals surface area contributed by atoms with Gasteiger partial charge in [-0.15, -0.1) is 0 Å². The minimum absolute atomic E-state index is 0.0132. The Labute approximate surface area is 191 Å². The first-order valence-corrected chi connectivity index (χ1v) is 11.1. The van der Waals surface area contributed by atoms with E-state index < -0.39 is 11.5 Å². The number of nitrogens with zero attached hydrogens (tertiary/aromatic N) is 6. The van der Waals surface area contributed by atoms with E-state index in [2.05, 4.69) is 20.1 Å². The van der Waals surface area contributed by atoms with Crippen molar-refractivity contribution in [2.75, 3.05) is 31.1 Å². The molecular formula is C24H26F2N6O. The van der Waals surface area contributed by atoms with Gasteiger partial charge in [0.1, 0.15) is 28.6 Å². The lowest BCUT2D eigenvalue weighted by molar-refractivity contribution is 0.0777. The van der Waals surface area contributed by atoms with Gasteiger partial charge in [-0.25, -0.2) is 13.8 Å². The number of aryl methyl sites for hydroxylation is 1. The molecule has 2 aromatic heterocycles. The number of alkyl halides is 1. The maximum atomic E-state index is 14.7. The van der Waals surface area contributed by atoms with E-state index in [4.69, 9.17) is 0 Å². The summed E-state index contributed by atoms with van der Waals surface area (Å²) in [7, 11) is 0. The molecule has 0 radical (unpaired) electrons. The van der Waals surface area contributed by atoms with Gasteiger partial charge >= 0.3 is 0 Å². The minimum Gasteiger partial charge on any atom is -0.356 e. The fourth-order valence-electron chi connectivity index (χ4n) is 4.85. The number of hydrogen-bond acceptors (Lipinski definition) is 5. The second-order valence-electron chi connectivity index (χ2n) is 9.45. The summed E-state index contributed by atoms with van der Waals surface area (Å²) in [5.41, 5.74) is 0.190. The number of amides is 1. The van der Waals surface area contributed by atoms with Crippen LogP contribution in [-0.2, 0) is 5.67 Å². The van der Waals surface area contributed by atoms with Gasteiger partial charge in [0.2, 0.25) is 0 Å². The molecule has 3 aromatic rings. The number of carbonyl (C=O) groups excluding carboxylic acids is 1.